The summed E-state index contributed by atoms with van der Waals surface area (Å²) in [6.45, 7) is 6.98. The number of fused-ring (bicyclic) bond motifs is 1. The van der Waals surface area contributed by atoms with Crippen molar-refractivity contribution in [2.24, 2.45) is 0 Å². The number of aliphatic hydroxyl groups is 1. The van der Waals surface area contributed by atoms with Crippen molar-refractivity contribution in [2.45, 2.75) is 26.3 Å². The summed E-state index contributed by atoms with van der Waals surface area (Å²) in [6.07, 6.45) is 1.55. The lowest BCUT2D eigenvalue weighted by molar-refractivity contribution is 0.287. The van der Waals surface area contributed by atoms with Crippen molar-refractivity contribution in [3.05, 3.63) is 42.2 Å². The standard InChI is InChI=1S/C14H18N2O/c1-11(2)10-16-13-7-4-3-6-12(13)15-14(16)8-5-9-17/h3-4,6-7,17H,1,5,8-10H2,2H3. The van der Waals surface area contributed by atoms with E-state index in [-0.39, 0.29) is 6.61 Å². The number of aromatic nitrogens is 2. The zero-order chi connectivity index (χ0) is 12.3. The van der Waals surface area contributed by atoms with Gasteiger partial charge in [0.15, 0.2) is 0 Å². The van der Waals surface area contributed by atoms with Crippen molar-refractivity contribution in [1.82, 2.24) is 9.55 Å². The molecule has 0 radical (unpaired) electrons. The van der Waals surface area contributed by atoms with Gasteiger partial charge in [0.25, 0.3) is 0 Å². The third-order valence-electron chi connectivity index (χ3n) is 2.72. The average Bonchev–Trinajstić information content (AvgIpc) is 2.64. The third-order valence-corrected chi connectivity index (χ3v) is 2.72. The molecular formula is C14H18N2O. The Labute approximate surface area is 101 Å². The first-order valence-electron chi connectivity index (χ1n) is 5.91. The number of hydrogen-bond acceptors (Lipinski definition) is 2. The smallest absolute Gasteiger partial charge is 0.110 e. The van der Waals surface area contributed by atoms with Gasteiger partial charge in [0.05, 0.1) is 11.0 Å². The molecule has 0 aliphatic carbocycles. The molecular weight excluding hydrogens is 212 g/mol. The first-order chi connectivity index (χ1) is 8.22. The summed E-state index contributed by atoms with van der Waals surface area (Å²) in [5.41, 5.74) is 3.27. The first kappa shape index (κ1) is 11.9. The molecule has 0 aliphatic heterocycles. The number of rotatable bonds is 5. The van der Waals surface area contributed by atoms with E-state index < -0.39 is 0 Å². The Kier molecular flexibility index (Phi) is 3.59. The van der Waals surface area contributed by atoms with Crippen LogP contribution >= 0.6 is 0 Å². The van der Waals surface area contributed by atoms with E-state index >= 15 is 0 Å². The van der Waals surface area contributed by atoms with Gasteiger partial charge in [-0.1, -0.05) is 24.3 Å². The van der Waals surface area contributed by atoms with E-state index in [1.807, 2.05) is 25.1 Å². The number of allylic oxidation sites excluding steroid dienone is 1. The lowest BCUT2D eigenvalue weighted by atomic mass is 10.2. The predicted molar refractivity (Wildman–Crippen MR) is 70.0 cm³/mol. The maximum absolute atomic E-state index is 8.92. The molecule has 0 amide bonds. The van der Waals surface area contributed by atoms with Gasteiger partial charge in [-0.2, -0.15) is 0 Å². The van der Waals surface area contributed by atoms with Gasteiger partial charge in [0.2, 0.25) is 0 Å². The minimum Gasteiger partial charge on any atom is -0.396 e. The van der Waals surface area contributed by atoms with Crippen LogP contribution in [0, 0.1) is 0 Å². The topological polar surface area (TPSA) is 38.0 Å². The molecule has 3 nitrogen and oxygen atoms in total. The Morgan fingerprint density at radius 1 is 1.41 bits per heavy atom. The molecule has 0 unspecified atom stereocenters. The van der Waals surface area contributed by atoms with Crippen molar-refractivity contribution >= 4 is 11.0 Å². The molecule has 3 heteroatoms. The van der Waals surface area contributed by atoms with Crippen LogP contribution in [-0.2, 0) is 13.0 Å². The van der Waals surface area contributed by atoms with Crippen LogP contribution in [0.3, 0.4) is 0 Å². The molecule has 17 heavy (non-hydrogen) atoms. The number of aliphatic hydroxyl groups excluding tert-OH is 1. The molecule has 2 rings (SSSR count). The Bertz CT molecular complexity index is 528. The molecule has 1 aromatic heterocycles. The molecule has 0 bridgehead atoms. The highest BCUT2D eigenvalue weighted by molar-refractivity contribution is 5.76. The van der Waals surface area contributed by atoms with E-state index in [0.717, 1.165) is 41.8 Å². The van der Waals surface area contributed by atoms with Crippen LogP contribution in [0.25, 0.3) is 11.0 Å². The Balaban J connectivity index is 2.44. The summed E-state index contributed by atoms with van der Waals surface area (Å²) in [4.78, 5) is 4.61. The maximum atomic E-state index is 8.92. The van der Waals surface area contributed by atoms with Crippen LogP contribution in [0.5, 0.6) is 0 Å². The summed E-state index contributed by atoms with van der Waals surface area (Å²) >= 11 is 0. The first-order valence-corrected chi connectivity index (χ1v) is 5.91. The quantitative estimate of drug-likeness (QED) is 0.801. The van der Waals surface area contributed by atoms with Crippen molar-refractivity contribution in [1.29, 1.82) is 0 Å². The van der Waals surface area contributed by atoms with E-state index in [1.165, 1.54) is 0 Å². The van der Waals surface area contributed by atoms with Crippen LogP contribution in [0.15, 0.2) is 36.4 Å². The number of imidazole rings is 1. The molecule has 90 valence electrons. The molecule has 0 saturated carbocycles. The maximum Gasteiger partial charge on any atom is 0.110 e. The highest BCUT2D eigenvalue weighted by Gasteiger charge is 2.09. The van der Waals surface area contributed by atoms with Gasteiger partial charge in [0.1, 0.15) is 5.82 Å². The summed E-state index contributed by atoms with van der Waals surface area (Å²) in [7, 11) is 0. The molecule has 2 aromatic rings. The van der Waals surface area contributed by atoms with Crippen LogP contribution in [0.4, 0.5) is 0 Å². The number of para-hydroxylation sites is 2. The third kappa shape index (κ3) is 2.56. The minimum atomic E-state index is 0.205. The fraction of sp³-hybridized carbons (Fsp3) is 0.357. The van der Waals surface area contributed by atoms with Crippen LogP contribution in [0.1, 0.15) is 19.2 Å². The second-order valence-corrected chi connectivity index (χ2v) is 4.39. The highest BCUT2D eigenvalue weighted by atomic mass is 16.2. The number of benzene rings is 1. The average molecular weight is 230 g/mol. The number of hydrogen-bond donors (Lipinski definition) is 1. The van der Waals surface area contributed by atoms with Crippen LogP contribution in [-0.4, -0.2) is 21.3 Å². The normalized spacial score (nSPS) is 10.9. The summed E-state index contributed by atoms with van der Waals surface area (Å²) in [5.74, 6) is 1.03. The Hall–Kier alpha value is -1.61. The molecule has 1 heterocycles. The molecule has 0 atom stereocenters. The van der Waals surface area contributed by atoms with Gasteiger partial charge >= 0.3 is 0 Å². The minimum absolute atomic E-state index is 0.205. The molecule has 0 aliphatic rings. The number of aryl methyl sites for hydroxylation is 1. The predicted octanol–water partition coefficient (Wildman–Crippen LogP) is 2.54. The Morgan fingerprint density at radius 2 is 2.18 bits per heavy atom. The van der Waals surface area contributed by atoms with E-state index in [1.54, 1.807) is 0 Å². The zero-order valence-electron chi connectivity index (χ0n) is 10.2. The van der Waals surface area contributed by atoms with Crippen LogP contribution < -0.4 is 0 Å². The lowest BCUT2D eigenvalue weighted by Crippen LogP contribution is -2.05. The molecule has 0 saturated heterocycles. The van der Waals surface area contributed by atoms with E-state index in [4.69, 9.17) is 5.11 Å². The number of nitrogens with zero attached hydrogens (tertiary/aromatic N) is 2. The largest absolute Gasteiger partial charge is 0.396 e. The monoisotopic (exact) mass is 230 g/mol. The van der Waals surface area contributed by atoms with Crippen LogP contribution in [0.2, 0.25) is 0 Å². The fourth-order valence-electron chi connectivity index (χ4n) is 2.00. The Morgan fingerprint density at radius 3 is 2.88 bits per heavy atom. The second kappa shape index (κ2) is 5.15. The second-order valence-electron chi connectivity index (χ2n) is 4.39. The SMILES string of the molecule is C=C(C)Cn1c(CCCO)nc2ccccc21. The van der Waals surface area contributed by atoms with Crippen molar-refractivity contribution < 1.29 is 5.11 Å². The summed E-state index contributed by atoms with van der Waals surface area (Å²) in [5, 5.41) is 8.92. The van der Waals surface area contributed by atoms with Gasteiger partial charge in [-0.15, -0.1) is 0 Å². The van der Waals surface area contributed by atoms with Gasteiger partial charge in [0, 0.05) is 19.6 Å². The summed E-state index contributed by atoms with van der Waals surface area (Å²) < 4.78 is 2.19. The molecule has 1 aromatic carbocycles. The zero-order valence-corrected chi connectivity index (χ0v) is 10.2. The van der Waals surface area contributed by atoms with Gasteiger partial charge in [-0.05, 0) is 25.5 Å². The van der Waals surface area contributed by atoms with E-state index in [9.17, 15) is 0 Å². The van der Waals surface area contributed by atoms with Gasteiger partial charge in [-0.25, -0.2) is 4.98 Å². The molecule has 0 spiro atoms. The van der Waals surface area contributed by atoms with Gasteiger partial charge < -0.3 is 9.67 Å². The fourth-order valence-corrected chi connectivity index (χ4v) is 2.00. The molecule has 1 N–H and O–H groups in total. The summed E-state index contributed by atoms with van der Waals surface area (Å²) in [6, 6.07) is 8.12. The van der Waals surface area contributed by atoms with Crippen molar-refractivity contribution in [2.75, 3.05) is 6.61 Å². The lowest BCUT2D eigenvalue weighted by Gasteiger charge is -2.08. The van der Waals surface area contributed by atoms with Crippen molar-refractivity contribution in [3.8, 4) is 0 Å². The van der Waals surface area contributed by atoms with E-state index in [2.05, 4.69) is 22.2 Å². The van der Waals surface area contributed by atoms with E-state index in [0.29, 0.717) is 0 Å². The van der Waals surface area contributed by atoms with Gasteiger partial charge in [-0.3, -0.25) is 0 Å². The highest BCUT2D eigenvalue weighted by Crippen LogP contribution is 2.18. The van der Waals surface area contributed by atoms with Crippen molar-refractivity contribution in [3.63, 3.8) is 0 Å². The molecule has 0 fully saturated rings.